The Kier molecular flexibility index (Phi) is 5.72. The van der Waals surface area contributed by atoms with Crippen LogP contribution in [-0.2, 0) is 16.4 Å². The van der Waals surface area contributed by atoms with Crippen molar-refractivity contribution in [3.05, 3.63) is 65.0 Å². The molecule has 1 fully saturated rings. The van der Waals surface area contributed by atoms with Crippen LogP contribution in [0, 0.1) is 0 Å². The molecule has 0 aliphatic carbocycles. The summed E-state index contributed by atoms with van der Waals surface area (Å²) in [7, 11) is -3.46. The molecule has 2 aromatic carbocycles. The second-order valence-electron chi connectivity index (χ2n) is 7.47. The summed E-state index contributed by atoms with van der Waals surface area (Å²) >= 11 is 1.71. The van der Waals surface area contributed by atoms with Crippen LogP contribution in [0.15, 0.2) is 58.8 Å². The van der Waals surface area contributed by atoms with Crippen LogP contribution in [0.25, 0.3) is 10.1 Å². The van der Waals surface area contributed by atoms with Gasteiger partial charge < -0.3 is 5.32 Å². The quantitative estimate of drug-likeness (QED) is 0.644. The summed E-state index contributed by atoms with van der Waals surface area (Å²) in [5.41, 5.74) is 1.69. The fourth-order valence-corrected chi connectivity index (χ4v) is 6.23. The monoisotopic (exact) mass is 428 g/mol. The van der Waals surface area contributed by atoms with E-state index >= 15 is 0 Å². The number of carbonyl (C=O) groups is 1. The maximum atomic E-state index is 12.6. The van der Waals surface area contributed by atoms with E-state index in [1.54, 1.807) is 23.5 Å². The molecule has 0 bridgehead atoms. The van der Waals surface area contributed by atoms with Gasteiger partial charge in [-0.1, -0.05) is 18.2 Å². The van der Waals surface area contributed by atoms with Crippen molar-refractivity contribution >= 4 is 37.4 Å². The summed E-state index contributed by atoms with van der Waals surface area (Å²) in [4.78, 5) is 12.8. The fourth-order valence-electron chi connectivity index (χ4n) is 3.73. The van der Waals surface area contributed by atoms with Gasteiger partial charge in [0.05, 0.1) is 4.90 Å². The van der Waals surface area contributed by atoms with Crippen LogP contribution in [0.5, 0.6) is 0 Å². The molecule has 1 atom stereocenters. The standard InChI is InChI=1S/C22H24N2O3S2/c1-16(14-18-15-28-21-7-3-2-6-20(18)21)23-22(25)17-8-10-19(11-9-17)29(26,27)24-12-4-5-13-24/h2-3,6-11,15-16H,4-5,12-14H2,1H3,(H,23,25). The van der Waals surface area contributed by atoms with Crippen LogP contribution in [0.2, 0.25) is 0 Å². The van der Waals surface area contributed by atoms with Gasteiger partial charge in [0.15, 0.2) is 0 Å². The molecular formula is C22H24N2O3S2. The van der Waals surface area contributed by atoms with Crippen molar-refractivity contribution in [2.45, 2.75) is 37.1 Å². The lowest BCUT2D eigenvalue weighted by Gasteiger charge is -2.16. The van der Waals surface area contributed by atoms with E-state index in [0.717, 1.165) is 19.3 Å². The van der Waals surface area contributed by atoms with Crippen LogP contribution >= 0.6 is 11.3 Å². The highest BCUT2D eigenvalue weighted by atomic mass is 32.2. The molecule has 7 heteroatoms. The Morgan fingerprint density at radius 3 is 2.52 bits per heavy atom. The minimum absolute atomic E-state index is 0.0338. The van der Waals surface area contributed by atoms with Crippen molar-refractivity contribution in [3.8, 4) is 0 Å². The maximum absolute atomic E-state index is 12.6. The van der Waals surface area contributed by atoms with E-state index in [1.807, 2.05) is 19.1 Å². The SMILES string of the molecule is CC(Cc1csc2ccccc12)NC(=O)c1ccc(S(=O)(=O)N2CCCC2)cc1. The molecule has 3 aromatic rings. The van der Waals surface area contributed by atoms with Crippen molar-refractivity contribution in [1.29, 1.82) is 0 Å². The van der Waals surface area contributed by atoms with Gasteiger partial charge in [0.1, 0.15) is 0 Å². The van der Waals surface area contributed by atoms with Crippen LogP contribution < -0.4 is 5.32 Å². The molecule has 0 radical (unpaired) electrons. The summed E-state index contributed by atoms with van der Waals surface area (Å²) < 4.78 is 28.0. The molecule has 1 aliphatic heterocycles. The third-order valence-corrected chi connectivity index (χ3v) is 8.21. The first kappa shape index (κ1) is 20.1. The summed E-state index contributed by atoms with van der Waals surface area (Å²) in [6.45, 7) is 3.12. The average Bonchev–Trinajstić information content (AvgIpc) is 3.39. The van der Waals surface area contributed by atoms with Gasteiger partial charge in [-0.25, -0.2) is 8.42 Å². The number of hydrogen-bond acceptors (Lipinski definition) is 4. The number of sulfonamides is 1. The van der Waals surface area contributed by atoms with Crippen LogP contribution in [0.1, 0.15) is 35.7 Å². The minimum atomic E-state index is -3.46. The average molecular weight is 429 g/mol. The lowest BCUT2D eigenvalue weighted by molar-refractivity contribution is 0.0940. The van der Waals surface area contributed by atoms with Crippen LogP contribution in [0.4, 0.5) is 0 Å². The molecule has 0 spiro atoms. The number of fused-ring (bicyclic) bond motifs is 1. The topological polar surface area (TPSA) is 66.5 Å². The lowest BCUT2D eigenvalue weighted by atomic mass is 10.1. The number of hydrogen-bond donors (Lipinski definition) is 1. The van der Waals surface area contributed by atoms with Gasteiger partial charge in [-0.05, 0) is 72.8 Å². The van der Waals surface area contributed by atoms with E-state index in [1.165, 1.54) is 32.1 Å². The summed E-state index contributed by atoms with van der Waals surface area (Å²) in [6.07, 6.45) is 2.55. The number of nitrogens with zero attached hydrogens (tertiary/aromatic N) is 1. The highest BCUT2D eigenvalue weighted by Crippen LogP contribution is 2.26. The van der Waals surface area contributed by atoms with Gasteiger partial charge in [-0.2, -0.15) is 4.31 Å². The fraction of sp³-hybridized carbons (Fsp3) is 0.318. The summed E-state index contributed by atoms with van der Waals surface area (Å²) in [5, 5.41) is 6.39. The second kappa shape index (κ2) is 8.26. The number of rotatable bonds is 6. The molecule has 2 heterocycles. The van der Waals surface area contributed by atoms with Gasteiger partial charge in [-0.3, -0.25) is 4.79 Å². The van der Waals surface area contributed by atoms with Crippen molar-refractivity contribution < 1.29 is 13.2 Å². The van der Waals surface area contributed by atoms with E-state index in [2.05, 4.69) is 22.8 Å². The molecule has 152 valence electrons. The zero-order valence-electron chi connectivity index (χ0n) is 16.3. The normalized spacial score (nSPS) is 16.2. The minimum Gasteiger partial charge on any atom is -0.349 e. The van der Waals surface area contributed by atoms with Gasteiger partial charge in [0.2, 0.25) is 10.0 Å². The molecule has 29 heavy (non-hydrogen) atoms. The molecule has 4 rings (SSSR count). The number of nitrogens with one attached hydrogen (secondary N) is 1. The zero-order valence-corrected chi connectivity index (χ0v) is 17.9. The highest BCUT2D eigenvalue weighted by molar-refractivity contribution is 7.89. The first-order valence-electron chi connectivity index (χ1n) is 9.81. The van der Waals surface area contributed by atoms with Crippen molar-refractivity contribution in [1.82, 2.24) is 9.62 Å². The molecule has 1 aromatic heterocycles. The molecule has 5 nitrogen and oxygen atoms in total. The number of carbonyl (C=O) groups excluding carboxylic acids is 1. The molecule has 1 unspecified atom stereocenters. The molecule has 0 saturated carbocycles. The van der Waals surface area contributed by atoms with Gasteiger partial charge >= 0.3 is 0 Å². The Hall–Kier alpha value is -2.22. The third-order valence-electron chi connectivity index (χ3n) is 5.28. The Labute approximate surface area is 175 Å². The van der Waals surface area contributed by atoms with Crippen molar-refractivity contribution in [3.63, 3.8) is 0 Å². The second-order valence-corrected chi connectivity index (χ2v) is 10.3. The Morgan fingerprint density at radius 1 is 1.10 bits per heavy atom. The number of amides is 1. The Balaban J connectivity index is 1.41. The smallest absolute Gasteiger partial charge is 0.251 e. The number of thiophene rings is 1. The lowest BCUT2D eigenvalue weighted by Crippen LogP contribution is -2.34. The van der Waals surface area contributed by atoms with Crippen molar-refractivity contribution in [2.75, 3.05) is 13.1 Å². The molecule has 1 saturated heterocycles. The first-order valence-corrected chi connectivity index (χ1v) is 12.1. The predicted molar refractivity (Wildman–Crippen MR) is 117 cm³/mol. The predicted octanol–water partition coefficient (Wildman–Crippen LogP) is 4.05. The van der Waals surface area contributed by atoms with E-state index in [-0.39, 0.29) is 16.8 Å². The Bertz CT molecular complexity index is 1110. The summed E-state index contributed by atoms with van der Waals surface area (Å²) in [5.74, 6) is -0.192. The van der Waals surface area contributed by atoms with Gasteiger partial charge in [0, 0.05) is 29.4 Å². The molecule has 1 N–H and O–H groups in total. The van der Waals surface area contributed by atoms with Crippen LogP contribution in [0.3, 0.4) is 0 Å². The summed E-state index contributed by atoms with van der Waals surface area (Å²) in [6, 6.07) is 14.5. The zero-order chi connectivity index (χ0) is 20.4. The highest BCUT2D eigenvalue weighted by Gasteiger charge is 2.27. The largest absolute Gasteiger partial charge is 0.349 e. The Morgan fingerprint density at radius 2 is 1.79 bits per heavy atom. The first-order chi connectivity index (χ1) is 13.9. The third kappa shape index (κ3) is 4.22. The number of benzene rings is 2. The molecular weight excluding hydrogens is 404 g/mol. The van der Waals surface area contributed by atoms with E-state index < -0.39 is 10.0 Å². The molecule has 1 aliphatic rings. The van der Waals surface area contributed by atoms with Crippen LogP contribution in [-0.4, -0.2) is 37.8 Å². The van der Waals surface area contributed by atoms with E-state index in [4.69, 9.17) is 0 Å². The maximum Gasteiger partial charge on any atom is 0.251 e. The van der Waals surface area contributed by atoms with Gasteiger partial charge in [-0.15, -0.1) is 11.3 Å². The van der Waals surface area contributed by atoms with Crippen molar-refractivity contribution in [2.24, 2.45) is 0 Å². The molecule has 1 amide bonds. The van der Waals surface area contributed by atoms with E-state index in [0.29, 0.717) is 18.7 Å². The van der Waals surface area contributed by atoms with E-state index in [9.17, 15) is 13.2 Å². The van der Waals surface area contributed by atoms with Gasteiger partial charge in [0.25, 0.3) is 5.91 Å².